The van der Waals surface area contributed by atoms with Gasteiger partial charge in [0.25, 0.3) is 0 Å². The van der Waals surface area contributed by atoms with Crippen molar-refractivity contribution in [1.29, 1.82) is 0 Å². The maximum atomic E-state index is 8.76. The van der Waals surface area contributed by atoms with Gasteiger partial charge in [-0.15, -0.1) is 0 Å². The molecule has 5 rings (SSSR count). The second kappa shape index (κ2) is 12.7. The minimum absolute atomic E-state index is 0.329. The van der Waals surface area contributed by atoms with Crippen LogP contribution >= 0.6 is 0 Å². The Labute approximate surface area is 184 Å². The summed E-state index contributed by atoms with van der Waals surface area (Å²) >= 11 is 0. The van der Waals surface area contributed by atoms with Gasteiger partial charge in [0, 0.05) is 29.0 Å². The Morgan fingerprint density at radius 1 is 0.677 bits per heavy atom. The van der Waals surface area contributed by atoms with Crippen molar-refractivity contribution in [2.24, 2.45) is 0 Å². The number of H-pyrrole nitrogens is 2. The molecule has 0 unspecified atom stereocenters. The van der Waals surface area contributed by atoms with E-state index in [4.69, 9.17) is 5.11 Å². The lowest BCUT2D eigenvalue weighted by Gasteiger charge is -1.89. The van der Waals surface area contributed by atoms with Crippen LogP contribution < -0.4 is 0 Å². The molecule has 0 aliphatic carbocycles. The van der Waals surface area contributed by atoms with E-state index in [2.05, 4.69) is 59.1 Å². The highest BCUT2D eigenvalue weighted by atomic mass is 16.3. The fourth-order valence-corrected chi connectivity index (χ4v) is 2.62. The summed E-state index contributed by atoms with van der Waals surface area (Å²) in [6.07, 6.45) is 5.47. The second-order valence-electron chi connectivity index (χ2n) is 7.24. The molecular weight excluding hydrogens is 382 g/mol. The number of aromatic hydroxyl groups is 1. The number of fused-ring (bicyclic) bond motifs is 1. The van der Waals surface area contributed by atoms with Gasteiger partial charge >= 0.3 is 0 Å². The third-order valence-corrected chi connectivity index (χ3v) is 4.41. The summed E-state index contributed by atoms with van der Waals surface area (Å²) in [5.74, 6) is 0.329. The lowest BCUT2D eigenvalue weighted by molar-refractivity contribution is 0.475. The normalized spacial score (nSPS) is 9.42. The fourth-order valence-electron chi connectivity index (χ4n) is 2.62. The molecule has 0 bridgehead atoms. The van der Waals surface area contributed by atoms with Crippen LogP contribution in [-0.2, 0) is 0 Å². The van der Waals surface area contributed by atoms with Gasteiger partial charge in [-0.3, -0.25) is 0 Å². The topological polar surface area (TPSA) is 64.7 Å². The first-order valence-corrected chi connectivity index (χ1v) is 10.2. The van der Waals surface area contributed by atoms with Crippen LogP contribution in [-0.4, -0.2) is 20.1 Å². The zero-order chi connectivity index (χ0) is 22.5. The number of nitrogens with one attached hydrogen (secondary N) is 2. The number of phenolic OH excluding ortho intramolecular Hbond substituents is 1. The first-order valence-electron chi connectivity index (χ1n) is 10.2. The molecule has 31 heavy (non-hydrogen) atoms. The van der Waals surface area contributed by atoms with Gasteiger partial charge in [0.1, 0.15) is 5.75 Å². The number of imidazole rings is 1. The zero-order valence-electron chi connectivity index (χ0n) is 18.6. The highest BCUT2D eigenvalue weighted by molar-refractivity contribution is 5.82. The van der Waals surface area contributed by atoms with Crippen LogP contribution in [0.5, 0.6) is 5.75 Å². The van der Waals surface area contributed by atoms with Crippen molar-refractivity contribution < 1.29 is 5.11 Å². The summed E-state index contributed by atoms with van der Waals surface area (Å²) < 4.78 is 0. The molecule has 0 saturated heterocycles. The molecule has 2 aromatic heterocycles. The Morgan fingerprint density at radius 2 is 1.29 bits per heavy atom. The molecule has 0 aliphatic heterocycles. The minimum atomic E-state index is 0.329. The number of rotatable bonds is 0. The smallest absolute Gasteiger partial charge is 0.115 e. The van der Waals surface area contributed by atoms with Crippen molar-refractivity contribution in [3.8, 4) is 5.75 Å². The van der Waals surface area contributed by atoms with Gasteiger partial charge in [0.05, 0.1) is 6.33 Å². The van der Waals surface area contributed by atoms with Crippen LogP contribution in [0.2, 0.25) is 0 Å². The molecule has 0 fully saturated rings. The minimum Gasteiger partial charge on any atom is -0.508 e. The first-order chi connectivity index (χ1) is 15.0. The predicted octanol–water partition coefficient (Wildman–Crippen LogP) is 6.89. The number of aromatic nitrogens is 3. The highest BCUT2D eigenvalue weighted by Gasteiger charge is 1.94. The Kier molecular flexibility index (Phi) is 9.63. The molecule has 4 heteroatoms. The molecule has 2 heterocycles. The number of aromatic amines is 2. The van der Waals surface area contributed by atoms with Gasteiger partial charge < -0.3 is 15.1 Å². The van der Waals surface area contributed by atoms with Crippen molar-refractivity contribution in [1.82, 2.24) is 15.0 Å². The van der Waals surface area contributed by atoms with E-state index in [0.29, 0.717) is 5.75 Å². The molecule has 3 N–H and O–H groups in total. The monoisotopic (exact) mass is 413 g/mol. The molecule has 5 aromatic rings. The van der Waals surface area contributed by atoms with Crippen molar-refractivity contribution in [2.45, 2.75) is 27.7 Å². The van der Waals surface area contributed by atoms with Crippen molar-refractivity contribution in [3.63, 3.8) is 0 Å². The van der Waals surface area contributed by atoms with Gasteiger partial charge in [-0.25, -0.2) is 4.98 Å². The largest absolute Gasteiger partial charge is 0.508 e. The van der Waals surface area contributed by atoms with Crippen LogP contribution in [0.4, 0.5) is 0 Å². The number of para-hydroxylation sites is 1. The van der Waals surface area contributed by atoms with Gasteiger partial charge in [0.2, 0.25) is 0 Å². The van der Waals surface area contributed by atoms with E-state index >= 15 is 0 Å². The number of nitrogens with zero attached hydrogens (tertiary/aromatic N) is 1. The van der Waals surface area contributed by atoms with Crippen molar-refractivity contribution in [3.05, 3.63) is 120 Å². The molecule has 0 spiro atoms. The molecule has 0 aliphatic rings. The lowest BCUT2D eigenvalue weighted by Crippen LogP contribution is -1.66. The van der Waals surface area contributed by atoms with E-state index in [-0.39, 0.29) is 0 Å². The van der Waals surface area contributed by atoms with Gasteiger partial charge in [-0.1, -0.05) is 71.8 Å². The molecular formula is C27H31N3O. The third kappa shape index (κ3) is 9.05. The summed E-state index contributed by atoms with van der Waals surface area (Å²) in [6.45, 7) is 8.14. The molecule has 160 valence electrons. The van der Waals surface area contributed by atoms with Crippen LogP contribution in [0, 0.1) is 27.7 Å². The van der Waals surface area contributed by atoms with E-state index in [1.165, 1.54) is 27.6 Å². The van der Waals surface area contributed by atoms with Crippen LogP contribution in [0.3, 0.4) is 0 Å². The molecule has 0 atom stereocenters. The van der Waals surface area contributed by atoms with Crippen LogP contribution in [0.1, 0.15) is 22.4 Å². The number of benzene rings is 3. The predicted molar refractivity (Wildman–Crippen MR) is 130 cm³/mol. The molecule has 0 radical (unpaired) electrons. The number of aryl methyl sites for hydroxylation is 4. The second-order valence-corrected chi connectivity index (χ2v) is 7.24. The molecule has 4 nitrogen and oxygen atoms in total. The standard InChI is InChI=1S/C9H9N.C7H8O.C7H8.C4H6N2/c1-7-6-10-9-5-3-2-4-8(7)9;1-6-2-4-7(8)5-3-6;1-7-5-3-2-4-6-7;1-4-2-5-3-6-4/h2-6,10H,1H3;2-5,8H,1H3;2-6H,1H3;2-3H,1H3,(H,5,6). The van der Waals surface area contributed by atoms with E-state index in [9.17, 15) is 0 Å². The van der Waals surface area contributed by atoms with Gasteiger partial charge in [-0.05, 0) is 51.5 Å². The Morgan fingerprint density at radius 3 is 1.74 bits per heavy atom. The van der Waals surface area contributed by atoms with Crippen molar-refractivity contribution in [2.75, 3.05) is 0 Å². The summed E-state index contributed by atoms with van der Waals surface area (Å²) in [6, 6.07) is 25.7. The van der Waals surface area contributed by atoms with E-state index in [0.717, 1.165) is 5.69 Å². The molecule has 3 aromatic carbocycles. The van der Waals surface area contributed by atoms with Gasteiger partial charge in [0.15, 0.2) is 0 Å². The van der Waals surface area contributed by atoms with E-state index in [1.807, 2.05) is 56.4 Å². The molecule has 0 saturated carbocycles. The quantitative estimate of drug-likeness (QED) is 0.259. The highest BCUT2D eigenvalue weighted by Crippen LogP contribution is 2.15. The summed E-state index contributed by atoms with van der Waals surface area (Å²) in [5, 5.41) is 10.1. The summed E-state index contributed by atoms with van der Waals surface area (Å²) in [4.78, 5) is 9.84. The van der Waals surface area contributed by atoms with Crippen LogP contribution in [0.25, 0.3) is 10.9 Å². The van der Waals surface area contributed by atoms with Gasteiger partial charge in [-0.2, -0.15) is 0 Å². The Balaban J connectivity index is 0.000000150. The van der Waals surface area contributed by atoms with Crippen LogP contribution in [0.15, 0.2) is 97.6 Å². The summed E-state index contributed by atoms with van der Waals surface area (Å²) in [5.41, 5.74) is 6.14. The average molecular weight is 414 g/mol. The number of hydrogen-bond acceptors (Lipinski definition) is 2. The fraction of sp³-hybridized carbons (Fsp3) is 0.148. The number of phenols is 1. The molecule has 0 amide bonds. The zero-order valence-corrected chi connectivity index (χ0v) is 18.6. The van der Waals surface area contributed by atoms with E-state index in [1.54, 1.807) is 24.7 Å². The maximum absolute atomic E-state index is 8.76. The third-order valence-electron chi connectivity index (χ3n) is 4.41. The van der Waals surface area contributed by atoms with Crippen molar-refractivity contribution >= 4 is 10.9 Å². The average Bonchev–Trinajstić information content (AvgIpc) is 3.41. The Hall–Kier alpha value is -3.79. The SMILES string of the molecule is Cc1c[nH]c2ccccc12.Cc1ccc(O)cc1.Cc1ccccc1.Cc1cnc[nH]1. The first kappa shape index (κ1) is 23.5. The summed E-state index contributed by atoms with van der Waals surface area (Å²) in [7, 11) is 0. The maximum Gasteiger partial charge on any atom is 0.115 e. The van der Waals surface area contributed by atoms with E-state index < -0.39 is 0 Å². The Bertz CT molecular complexity index is 1090. The lowest BCUT2D eigenvalue weighted by atomic mass is 10.2. The number of hydrogen-bond donors (Lipinski definition) is 3.